The second-order valence-corrected chi connectivity index (χ2v) is 10.1. The maximum Gasteiger partial charge on any atom is 0.0226 e. The van der Waals surface area contributed by atoms with Gasteiger partial charge in [-0.05, 0) is 84.9 Å². The standard InChI is InChI=1S/C25H33N/c26-16-13-14-20-19-9-3-6-12-23(19)25(24(20)15-16)21-10-4-1-7-17(21)18-8-2-5-11-22(18)25/h1,3-4,7,9-10,13-14,16-24H,2,5-6,8,11-12,15,26H2. The van der Waals surface area contributed by atoms with Gasteiger partial charge in [-0.2, -0.15) is 0 Å². The number of rotatable bonds is 0. The number of fused-ring (bicyclic) bond motifs is 10. The van der Waals surface area contributed by atoms with Crippen molar-refractivity contribution < 1.29 is 0 Å². The zero-order chi connectivity index (χ0) is 17.3. The molecule has 0 aromatic rings. The Morgan fingerprint density at radius 2 is 1.58 bits per heavy atom. The monoisotopic (exact) mass is 347 g/mol. The predicted molar refractivity (Wildman–Crippen MR) is 107 cm³/mol. The van der Waals surface area contributed by atoms with E-state index < -0.39 is 0 Å². The van der Waals surface area contributed by atoms with Crippen molar-refractivity contribution in [2.45, 2.75) is 51.0 Å². The van der Waals surface area contributed by atoms with Crippen molar-refractivity contribution in [3.63, 3.8) is 0 Å². The molecule has 6 aliphatic rings. The summed E-state index contributed by atoms with van der Waals surface area (Å²) < 4.78 is 0. The molecule has 0 saturated heterocycles. The van der Waals surface area contributed by atoms with Gasteiger partial charge in [-0.15, -0.1) is 0 Å². The van der Waals surface area contributed by atoms with E-state index in [-0.39, 0.29) is 6.04 Å². The maximum atomic E-state index is 6.53. The van der Waals surface area contributed by atoms with E-state index in [1.165, 1.54) is 44.9 Å². The Balaban J connectivity index is 1.55. The molecule has 6 aliphatic carbocycles. The summed E-state index contributed by atoms with van der Waals surface area (Å²) in [5.41, 5.74) is 7.04. The van der Waals surface area contributed by atoms with Gasteiger partial charge >= 0.3 is 0 Å². The van der Waals surface area contributed by atoms with Crippen LogP contribution in [0, 0.1) is 52.8 Å². The molecule has 1 spiro atoms. The second kappa shape index (κ2) is 5.71. The normalized spacial score (nSPS) is 56.3. The van der Waals surface area contributed by atoms with Crippen molar-refractivity contribution >= 4 is 0 Å². The lowest BCUT2D eigenvalue weighted by Crippen LogP contribution is -2.46. The molecule has 10 atom stereocenters. The number of nitrogens with two attached hydrogens (primary N) is 1. The molecule has 2 N–H and O–H groups in total. The maximum absolute atomic E-state index is 6.53. The fourth-order valence-corrected chi connectivity index (χ4v) is 9.04. The third-order valence-corrected chi connectivity index (χ3v) is 9.48. The first-order chi connectivity index (χ1) is 12.8. The van der Waals surface area contributed by atoms with E-state index in [9.17, 15) is 0 Å². The van der Waals surface area contributed by atoms with Crippen LogP contribution in [0.2, 0.25) is 0 Å². The summed E-state index contributed by atoms with van der Waals surface area (Å²) >= 11 is 0. The number of allylic oxidation sites excluding steroid dienone is 7. The van der Waals surface area contributed by atoms with E-state index in [1.54, 1.807) is 0 Å². The Kier molecular flexibility index (Phi) is 3.50. The number of hydrogen-bond donors (Lipinski definition) is 1. The first-order valence-corrected chi connectivity index (χ1v) is 11.3. The molecule has 0 aliphatic heterocycles. The molecule has 3 fully saturated rings. The lowest BCUT2D eigenvalue weighted by Gasteiger charge is -2.50. The Morgan fingerprint density at radius 3 is 2.54 bits per heavy atom. The van der Waals surface area contributed by atoms with Gasteiger partial charge in [0.15, 0.2) is 0 Å². The Morgan fingerprint density at radius 1 is 0.731 bits per heavy atom. The van der Waals surface area contributed by atoms with E-state index in [0.29, 0.717) is 5.41 Å². The lowest BCUT2D eigenvalue weighted by atomic mass is 9.54. The molecular weight excluding hydrogens is 314 g/mol. The highest BCUT2D eigenvalue weighted by Gasteiger charge is 2.70. The highest BCUT2D eigenvalue weighted by atomic mass is 14.8. The van der Waals surface area contributed by atoms with E-state index >= 15 is 0 Å². The fourth-order valence-electron chi connectivity index (χ4n) is 9.04. The molecule has 10 unspecified atom stereocenters. The van der Waals surface area contributed by atoms with Crippen molar-refractivity contribution in [2.24, 2.45) is 58.5 Å². The first-order valence-electron chi connectivity index (χ1n) is 11.3. The molecule has 138 valence electrons. The van der Waals surface area contributed by atoms with Crippen LogP contribution in [-0.2, 0) is 0 Å². The van der Waals surface area contributed by atoms with Gasteiger partial charge in [0.1, 0.15) is 0 Å². The van der Waals surface area contributed by atoms with Crippen LogP contribution in [0.1, 0.15) is 44.9 Å². The minimum absolute atomic E-state index is 0.279. The predicted octanol–water partition coefficient (Wildman–Crippen LogP) is 5.27. The van der Waals surface area contributed by atoms with E-state index in [2.05, 4.69) is 48.6 Å². The van der Waals surface area contributed by atoms with Crippen LogP contribution in [0.5, 0.6) is 0 Å². The summed E-state index contributed by atoms with van der Waals surface area (Å²) in [5, 5.41) is 0. The summed E-state index contributed by atoms with van der Waals surface area (Å²) in [7, 11) is 0. The van der Waals surface area contributed by atoms with E-state index in [0.717, 1.165) is 47.3 Å². The summed E-state index contributed by atoms with van der Waals surface area (Å²) in [5.74, 6) is 6.65. The largest absolute Gasteiger partial charge is 0.324 e. The molecule has 26 heavy (non-hydrogen) atoms. The van der Waals surface area contributed by atoms with Crippen LogP contribution in [0.25, 0.3) is 0 Å². The minimum Gasteiger partial charge on any atom is -0.324 e. The van der Waals surface area contributed by atoms with Gasteiger partial charge in [-0.3, -0.25) is 0 Å². The van der Waals surface area contributed by atoms with Crippen LogP contribution in [0.15, 0.2) is 48.6 Å². The number of hydrogen-bond acceptors (Lipinski definition) is 1. The quantitative estimate of drug-likeness (QED) is 0.594. The average molecular weight is 348 g/mol. The third kappa shape index (κ3) is 1.86. The van der Waals surface area contributed by atoms with Crippen LogP contribution in [0.3, 0.4) is 0 Å². The van der Waals surface area contributed by atoms with Crippen molar-refractivity contribution in [1.82, 2.24) is 0 Å². The van der Waals surface area contributed by atoms with Crippen LogP contribution in [-0.4, -0.2) is 6.04 Å². The zero-order valence-electron chi connectivity index (χ0n) is 15.8. The molecule has 6 rings (SSSR count). The van der Waals surface area contributed by atoms with Crippen molar-refractivity contribution in [1.29, 1.82) is 0 Å². The van der Waals surface area contributed by atoms with Gasteiger partial charge in [0.05, 0.1) is 0 Å². The summed E-state index contributed by atoms with van der Waals surface area (Å²) in [4.78, 5) is 0. The van der Waals surface area contributed by atoms with Crippen molar-refractivity contribution in [3.05, 3.63) is 48.6 Å². The molecule has 3 saturated carbocycles. The van der Waals surface area contributed by atoms with E-state index in [4.69, 9.17) is 5.73 Å². The molecule has 0 bridgehead atoms. The topological polar surface area (TPSA) is 26.0 Å². The Hall–Kier alpha value is -1.08. The van der Waals surface area contributed by atoms with Gasteiger partial charge < -0.3 is 5.73 Å². The summed E-state index contributed by atoms with van der Waals surface area (Å²) in [6.07, 6.45) is 29.8. The SMILES string of the molecule is NC1C=CC2C3C=CCCC3C3(C4C=CC=CC4C4CCCCC43)C2C1. The summed E-state index contributed by atoms with van der Waals surface area (Å²) in [6, 6.07) is 0.279. The van der Waals surface area contributed by atoms with Crippen LogP contribution >= 0.6 is 0 Å². The molecule has 1 heteroatoms. The van der Waals surface area contributed by atoms with Gasteiger partial charge in [0.25, 0.3) is 0 Å². The highest BCUT2D eigenvalue weighted by Crippen LogP contribution is 2.75. The molecule has 0 radical (unpaired) electrons. The van der Waals surface area contributed by atoms with Crippen LogP contribution < -0.4 is 5.73 Å². The molecule has 0 amide bonds. The zero-order valence-corrected chi connectivity index (χ0v) is 15.8. The fraction of sp³-hybridized carbons (Fsp3) is 0.680. The highest BCUT2D eigenvalue weighted by molar-refractivity contribution is 5.32. The summed E-state index contributed by atoms with van der Waals surface area (Å²) in [6.45, 7) is 0. The van der Waals surface area contributed by atoms with Gasteiger partial charge in [0, 0.05) is 6.04 Å². The second-order valence-electron chi connectivity index (χ2n) is 10.1. The Bertz CT molecular complexity index is 699. The van der Waals surface area contributed by atoms with Gasteiger partial charge in [-0.1, -0.05) is 61.4 Å². The minimum atomic E-state index is 0.279. The van der Waals surface area contributed by atoms with Crippen molar-refractivity contribution in [2.75, 3.05) is 0 Å². The smallest absolute Gasteiger partial charge is 0.0226 e. The van der Waals surface area contributed by atoms with E-state index in [1.807, 2.05) is 0 Å². The lowest BCUT2D eigenvalue weighted by molar-refractivity contribution is -0.00258. The average Bonchev–Trinajstić information content (AvgIpc) is 3.15. The molecule has 1 nitrogen and oxygen atoms in total. The molecule has 0 aromatic heterocycles. The van der Waals surface area contributed by atoms with Crippen molar-refractivity contribution in [3.8, 4) is 0 Å². The first kappa shape index (κ1) is 15.9. The Labute approximate surface area is 158 Å². The molecule has 0 heterocycles. The molecule has 0 aromatic carbocycles. The van der Waals surface area contributed by atoms with Gasteiger partial charge in [0.2, 0.25) is 0 Å². The van der Waals surface area contributed by atoms with Gasteiger partial charge in [-0.25, -0.2) is 0 Å². The van der Waals surface area contributed by atoms with Crippen LogP contribution in [0.4, 0.5) is 0 Å². The molecular formula is C25H33N. The third-order valence-electron chi connectivity index (χ3n) is 9.48.